The zero-order valence-corrected chi connectivity index (χ0v) is 16.9. The smallest absolute Gasteiger partial charge is 0.239 e. The van der Waals surface area contributed by atoms with Gasteiger partial charge in [0.15, 0.2) is 0 Å². The third kappa shape index (κ3) is 5.44. The van der Waals surface area contributed by atoms with Crippen LogP contribution in [0.1, 0.15) is 12.8 Å². The topological polar surface area (TPSA) is 68.2 Å². The van der Waals surface area contributed by atoms with Crippen molar-refractivity contribution in [2.75, 3.05) is 25.0 Å². The van der Waals surface area contributed by atoms with E-state index < -0.39 is 0 Å². The predicted octanol–water partition coefficient (Wildman–Crippen LogP) is 3.67. The van der Waals surface area contributed by atoms with Gasteiger partial charge in [0.05, 0.1) is 24.0 Å². The Bertz CT molecular complexity index is 909. The number of anilines is 1. The summed E-state index contributed by atoms with van der Waals surface area (Å²) in [5.41, 5.74) is 2.71. The minimum Gasteiger partial charge on any atom is -0.377 e. The summed E-state index contributed by atoms with van der Waals surface area (Å²) in [6, 6.07) is 21.6. The minimum atomic E-state index is -0.102. The van der Waals surface area contributed by atoms with E-state index in [0.717, 1.165) is 36.4 Å². The minimum absolute atomic E-state index is 0. The van der Waals surface area contributed by atoms with Crippen LogP contribution >= 0.6 is 12.4 Å². The summed E-state index contributed by atoms with van der Waals surface area (Å²) in [6.45, 7) is 1.75. The molecule has 0 aliphatic carbocycles. The lowest BCUT2D eigenvalue weighted by molar-refractivity contribution is -0.115. The number of para-hydroxylation sites is 1. The fourth-order valence-corrected chi connectivity index (χ4v) is 3.33. The largest absolute Gasteiger partial charge is 0.377 e. The molecule has 2 N–H and O–H groups in total. The molecule has 0 bridgehead atoms. The number of ether oxygens (including phenoxy) is 1. The molecule has 3 aromatic rings. The van der Waals surface area contributed by atoms with Gasteiger partial charge in [0.2, 0.25) is 5.91 Å². The van der Waals surface area contributed by atoms with Crippen molar-refractivity contribution in [3.63, 3.8) is 0 Å². The lowest BCUT2D eigenvalue weighted by Gasteiger charge is -2.11. The standard InChI is InChI=1S/C22H24N4O2.ClH/c27-22(16-23-15-19-12-7-13-28-19)24-21-14-20(17-8-3-1-4-9-17)25-26(21)18-10-5-2-6-11-18;/h1-6,8-11,14,19,23H,7,12-13,15-16H2,(H,24,27);1H. The quantitative estimate of drug-likeness (QED) is 0.621. The van der Waals surface area contributed by atoms with E-state index in [9.17, 15) is 4.79 Å². The van der Waals surface area contributed by atoms with Gasteiger partial charge in [-0.15, -0.1) is 12.4 Å². The first-order valence-electron chi connectivity index (χ1n) is 9.63. The number of benzene rings is 2. The summed E-state index contributed by atoms with van der Waals surface area (Å²) in [7, 11) is 0. The molecule has 0 saturated carbocycles. The number of hydrogen-bond acceptors (Lipinski definition) is 4. The molecule has 152 valence electrons. The highest BCUT2D eigenvalue weighted by atomic mass is 35.5. The molecular weight excluding hydrogens is 388 g/mol. The van der Waals surface area contributed by atoms with E-state index in [0.29, 0.717) is 12.4 Å². The number of nitrogens with one attached hydrogen (secondary N) is 2. The summed E-state index contributed by atoms with van der Waals surface area (Å²) in [5, 5.41) is 10.9. The van der Waals surface area contributed by atoms with Crippen molar-refractivity contribution in [2.24, 2.45) is 0 Å². The molecule has 4 rings (SSSR count). The molecular formula is C22H25ClN4O2. The second kappa shape index (κ2) is 10.2. The number of hydrogen-bond donors (Lipinski definition) is 2. The van der Waals surface area contributed by atoms with Crippen molar-refractivity contribution < 1.29 is 9.53 Å². The maximum atomic E-state index is 12.5. The van der Waals surface area contributed by atoms with Crippen molar-refractivity contribution in [1.82, 2.24) is 15.1 Å². The number of carbonyl (C=O) groups is 1. The molecule has 1 unspecified atom stereocenters. The Morgan fingerprint density at radius 1 is 1.10 bits per heavy atom. The van der Waals surface area contributed by atoms with Gasteiger partial charge in [-0.1, -0.05) is 48.5 Å². The second-order valence-corrected chi connectivity index (χ2v) is 6.84. The highest BCUT2D eigenvalue weighted by Crippen LogP contribution is 2.24. The van der Waals surface area contributed by atoms with E-state index in [1.54, 1.807) is 4.68 Å². The van der Waals surface area contributed by atoms with Crippen molar-refractivity contribution in [2.45, 2.75) is 18.9 Å². The Hall–Kier alpha value is -2.67. The van der Waals surface area contributed by atoms with E-state index >= 15 is 0 Å². The number of aromatic nitrogens is 2. The maximum absolute atomic E-state index is 12.5. The van der Waals surface area contributed by atoms with Crippen LogP contribution in [0.5, 0.6) is 0 Å². The van der Waals surface area contributed by atoms with E-state index in [2.05, 4.69) is 10.6 Å². The SMILES string of the molecule is Cl.O=C(CNCC1CCCO1)Nc1cc(-c2ccccc2)nn1-c1ccccc1. The van der Waals surface area contributed by atoms with Crippen molar-refractivity contribution in [1.29, 1.82) is 0 Å². The molecule has 6 nitrogen and oxygen atoms in total. The van der Waals surface area contributed by atoms with Gasteiger partial charge >= 0.3 is 0 Å². The number of nitrogens with zero attached hydrogens (tertiary/aromatic N) is 2. The Balaban J connectivity index is 0.00000240. The van der Waals surface area contributed by atoms with Crippen LogP contribution in [-0.2, 0) is 9.53 Å². The average Bonchev–Trinajstić information content (AvgIpc) is 3.39. The first-order valence-corrected chi connectivity index (χ1v) is 9.63. The van der Waals surface area contributed by atoms with E-state index in [1.165, 1.54) is 0 Å². The van der Waals surface area contributed by atoms with Crippen LogP contribution in [0.15, 0.2) is 66.7 Å². The second-order valence-electron chi connectivity index (χ2n) is 6.84. The van der Waals surface area contributed by atoms with Crippen molar-refractivity contribution >= 4 is 24.1 Å². The van der Waals surface area contributed by atoms with Gasteiger partial charge in [0.1, 0.15) is 5.82 Å². The summed E-state index contributed by atoms with van der Waals surface area (Å²) in [5.74, 6) is 0.545. The molecule has 7 heteroatoms. The summed E-state index contributed by atoms with van der Waals surface area (Å²) < 4.78 is 7.34. The lowest BCUT2D eigenvalue weighted by Crippen LogP contribution is -2.33. The van der Waals surface area contributed by atoms with Crippen LogP contribution in [0.3, 0.4) is 0 Å². The molecule has 1 fully saturated rings. The van der Waals surface area contributed by atoms with Crippen molar-refractivity contribution in [3.8, 4) is 16.9 Å². The molecule has 1 atom stereocenters. The molecule has 0 spiro atoms. The van der Waals surface area contributed by atoms with E-state index in [1.807, 2.05) is 66.7 Å². The van der Waals surface area contributed by atoms with Crippen LogP contribution < -0.4 is 10.6 Å². The van der Waals surface area contributed by atoms with E-state index in [4.69, 9.17) is 9.84 Å². The maximum Gasteiger partial charge on any atom is 0.239 e. The Morgan fingerprint density at radius 2 is 1.83 bits per heavy atom. The predicted molar refractivity (Wildman–Crippen MR) is 117 cm³/mol. The molecule has 1 amide bonds. The Labute approximate surface area is 176 Å². The van der Waals surface area contributed by atoms with Gasteiger partial charge in [-0.25, -0.2) is 4.68 Å². The Kier molecular flexibility index (Phi) is 7.41. The van der Waals surface area contributed by atoms with Gasteiger partial charge in [0, 0.05) is 24.8 Å². The van der Waals surface area contributed by atoms with Gasteiger partial charge in [-0.05, 0) is 25.0 Å². The van der Waals surface area contributed by atoms with Crippen LogP contribution in [-0.4, -0.2) is 41.5 Å². The molecule has 1 saturated heterocycles. The summed E-state index contributed by atoms with van der Waals surface area (Å²) in [4.78, 5) is 12.5. The third-order valence-corrected chi connectivity index (χ3v) is 4.73. The van der Waals surface area contributed by atoms with Crippen molar-refractivity contribution in [3.05, 3.63) is 66.7 Å². The van der Waals surface area contributed by atoms with Gasteiger partial charge in [-0.2, -0.15) is 5.10 Å². The zero-order chi connectivity index (χ0) is 19.2. The van der Waals surface area contributed by atoms with Crippen LogP contribution in [0.4, 0.5) is 5.82 Å². The monoisotopic (exact) mass is 412 g/mol. The lowest BCUT2D eigenvalue weighted by atomic mass is 10.2. The number of rotatable bonds is 7. The molecule has 1 aromatic heterocycles. The van der Waals surface area contributed by atoms with Gasteiger partial charge < -0.3 is 15.4 Å². The zero-order valence-electron chi connectivity index (χ0n) is 16.1. The molecule has 1 aliphatic rings. The number of halogens is 1. The van der Waals surface area contributed by atoms with Crippen LogP contribution in [0.2, 0.25) is 0 Å². The highest BCUT2D eigenvalue weighted by Gasteiger charge is 2.16. The first-order chi connectivity index (χ1) is 13.8. The molecule has 0 radical (unpaired) electrons. The average molecular weight is 413 g/mol. The summed E-state index contributed by atoms with van der Waals surface area (Å²) >= 11 is 0. The van der Waals surface area contributed by atoms with E-state index in [-0.39, 0.29) is 31.0 Å². The molecule has 2 heterocycles. The highest BCUT2D eigenvalue weighted by molar-refractivity contribution is 5.92. The van der Waals surface area contributed by atoms with Crippen LogP contribution in [0.25, 0.3) is 16.9 Å². The normalized spacial score (nSPS) is 15.7. The Morgan fingerprint density at radius 3 is 2.52 bits per heavy atom. The van der Waals surface area contributed by atoms with Crippen LogP contribution in [0, 0.1) is 0 Å². The first kappa shape index (κ1) is 21.0. The fourth-order valence-electron chi connectivity index (χ4n) is 3.33. The van der Waals surface area contributed by atoms with Gasteiger partial charge in [0.25, 0.3) is 0 Å². The molecule has 2 aromatic carbocycles. The molecule has 1 aliphatic heterocycles. The summed E-state index contributed by atoms with van der Waals surface area (Å²) in [6.07, 6.45) is 2.36. The number of carbonyl (C=O) groups excluding carboxylic acids is 1. The van der Waals surface area contributed by atoms with Gasteiger partial charge in [-0.3, -0.25) is 4.79 Å². The number of amides is 1. The molecule has 29 heavy (non-hydrogen) atoms. The third-order valence-electron chi connectivity index (χ3n) is 4.73. The fraction of sp³-hybridized carbons (Fsp3) is 0.273.